The maximum atomic E-state index is 11.0. The van der Waals surface area contributed by atoms with Gasteiger partial charge in [-0.1, -0.05) is 23.7 Å². The molecule has 0 radical (unpaired) electrons. The van der Waals surface area contributed by atoms with Gasteiger partial charge in [-0.3, -0.25) is 0 Å². The lowest BCUT2D eigenvalue weighted by Crippen LogP contribution is -2.26. The van der Waals surface area contributed by atoms with Crippen molar-refractivity contribution in [3.05, 3.63) is 34.9 Å². The SMILES string of the molecule is O=S(=O)(CCl)NCCc1ccc(Cl)cc1. The highest BCUT2D eigenvalue weighted by atomic mass is 35.5. The second-order valence-electron chi connectivity index (χ2n) is 2.99. The van der Waals surface area contributed by atoms with E-state index in [0.29, 0.717) is 18.0 Å². The molecule has 0 atom stereocenters. The molecule has 0 unspecified atom stereocenters. The zero-order valence-electron chi connectivity index (χ0n) is 7.91. The Balaban J connectivity index is 2.42. The van der Waals surface area contributed by atoms with E-state index in [1.54, 1.807) is 12.1 Å². The third kappa shape index (κ3) is 4.84. The molecular weight excluding hydrogens is 257 g/mol. The number of hydrogen-bond donors (Lipinski definition) is 1. The van der Waals surface area contributed by atoms with Crippen molar-refractivity contribution in [2.45, 2.75) is 6.42 Å². The summed E-state index contributed by atoms with van der Waals surface area (Å²) in [5.41, 5.74) is 1.02. The van der Waals surface area contributed by atoms with E-state index in [0.717, 1.165) is 5.56 Å². The van der Waals surface area contributed by atoms with Crippen molar-refractivity contribution in [2.75, 3.05) is 11.8 Å². The normalized spacial score (nSPS) is 11.6. The maximum absolute atomic E-state index is 11.0. The van der Waals surface area contributed by atoms with Crippen LogP contribution in [-0.4, -0.2) is 20.2 Å². The summed E-state index contributed by atoms with van der Waals surface area (Å²) in [6.07, 6.45) is 0.618. The Hall–Kier alpha value is -0.290. The lowest BCUT2D eigenvalue weighted by molar-refractivity contribution is 0.586. The van der Waals surface area contributed by atoms with Gasteiger partial charge in [-0.25, -0.2) is 13.1 Å². The average Bonchev–Trinajstić information content (AvgIpc) is 2.21. The van der Waals surface area contributed by atoms with Gasteiger partial charge in [-0.15, -0.1) is 11.6 Å². The topological polar surface area (TPSA) is 46.2 Å². The quantitative estimate of drug-likeness (QED) is 0.830. The Morgan fingerprint density at radius 2 is 1.80 bits per heavy atom. The van der Waals surface area contributed by atoms with Crippen molar-refractivity contribution in [3.63, 3.8) is 0 Å². The molecule has 0 amide bonds. The van der Waals surface area contributed by atoms with E-state index in [2.05, 4.69) is 4.72 Å². The zero-order chi connectivity index (χ0) is 11.3. The largest absolute Gasteiger partial charge is 0.225 e. The molecule has 0 saturated carbocycles. The summed E-state index contributed by atoms with van der Waals surface area (Å²) < 4.78 is 24.3. The first-order valence-corrected chi connectivity index (χ1v) is 6.88. The molecule has 6 heteroatoms. The van der Waals surface area contributed by atoms with Crippen LogP contribution in [0.15, 0.2) is 24.3 Å². The van der Waals surface area contributed by atoms with Crippen LogP contribution in [0, 0.1) is 0 Å². The number of alkyl halides is 1. The fourth-order valence-electron chi connectivity index (χ4n) is 1.04. The third-order valence-electron chi connectivity index (χ3n) is 1.79. The number of rotatable bonds is 5. The van der Waals surface area contributed by atoms with Crippen LogP contribution < -0.4 is 4.72 Å². The summed E-state index contributed by atoms with van der Waals surface area (Å²) in [6, 6.07) is 7.26. The zero-order valence-corrected chi connectivity index (χ0v) is 10.2. The van der Waals surface area contributed by atoms with Crippen LogP contribution in [0.3, 0.4) is 0 Å². The first-order chi connectivity index (χ1) is 7.03. The molecule has 1 aromatic carbocycles. The van der Waals surface area contributed by atoms with Crippen molar-refractivity contribution >= 4 is 33.2 Å². The fourth-order valence-corrected chi connectivity index (χ4v) is 1.89. The lowest BCUT2D eigenvalue weighted by atomic mass is 10.2. The van der Waals surface area contributed by atoms with Crippen LogP contribution in [0.5, 0.6) is 0 Å². The van der Waals surface area contributed by atoms with E-state index in [1.807, 2.05) is 12.1 Å². The molecule has 3 nitrogen and oxygen atoms in total. The standard InChI is InChI=1S/C9H11Cl2NO2S/c10-7-15(13,14)12-6-5-8-1-3-9(11)4-2-8/h1-4,12H,5-7H2. The third-order valence-corrected chi connectivity index (χ3v) is 3.84. The number of nitrogens with one attached hydrogen (secondary N) is 1. The average molecular weight is 268 g/mol. The maximum Gasteiger partial charge on any atom is 0.225 e. The molecule has 1 aromatic rings. The molecule has 84 valence electrons. The van der Waals surface area contributed by atoms with Gasteiger partial charge >= 0.3 is 0 Å². The monoisotopic (exact) mass is 267 g/mol. The number of benzene rings is 1. The van der Waals surface area contributed by atoms with E-state index in [-0.39, 0.29) is 0 Å². The van der Waals surface area contributed by atoms with Crippen molar-refractivity contribution < 1.29 is 8.42 Å². The van der Waals surface area contributed by atoms with Gasteiger partial charge in [0.1, 0.15) is 5.21 Å². The van der Waals surface area contributed by atoms with Crippen molar-refractivity contribution in [2.24, 2.45) is 0 Å². The minimum atomic E-state index is -3.31. The number of hydrogen-bond acceptors (Lipinski definition) is 2. The van der Waals surface area contributed by atoms with E-state index in [4.69, 9.17) is 23.2 Å². The Labute approximate surface area is 99.4 Å². The molecule has 0 fully saturated rings. The van der Waals surface area contributed by atoms with Crippen molar-refractivity contribution in [3.8, 4) is 0 Å². The molecule has 0 aliphatic carbocycles. The number of halogens is 2. The molecule has 0 saturated heterocycles. The molecule has 0 spiro atoms. The smallest absolute Gasteiger partial charge is 0.214 e. The lowest BCUT2D eigenvalue weighted by Gasteiger charge is -2.03. The molecule has 0 heterocycles. The van der Waals surface area contributed by atoms with Crippen LogP contribution >= 0.6 is 23.2 Å². The van der Waals surface area contributed by atoms with Gasteiger partial charge in [0.15, 0.2) is 0 Å². The molecule has 0 aliphatic heterocycles. The van der Waals surface area contributed by atoms with Gasteiger partial charge in [0.2, 0.25) is 10.0 Å². The predicted octanol–water partition coefficient (Wildman–Crippen LogP) is 2.00. The Morgan fingerprint density at radius 3 is 2.33 bits per heavy atom. The highest BCUT2D eigenvalue weighted by Gasteiger charge is 2.05. The minimum absolute atomic E-state index is 0.344. The second-order valence-corrected chi connectivity index (χ2v) is 5.82. The van der Waals surface area contributed by atoms with Gasteiger partial charge in [-0.05, 0) is 24.1 Å². The van der Waals surface area contributed by atoms with Crippen LogP contribution in [0.2, 0.25) is 5.02 Å². The summed E-state index contributed by atoms with van der Waals surface area (Å²) in [5.74, 6) is 0. The van der Waals surface area contributed by atoms with E-state index in [1.165, 1.54) is 0 Å². The van der Waals surface area contributed by atoms with Crippen molar-refractivity contribution in [1.29, 1.82) is 0 Å². The predicted molar refractivity (Wildman–Crippen MR) is 62.8 cm³/mol. The Bertz CT molecular complexity index is 403. The number of sulfonamides is 1. The van der Waals surface area contributed by atoms with Crippen LogP contribution in [0.1, 0.15) is 5.56 Å². The minimum Gasteiger partial charge on any atom is -0.214 e. The van der Waals surface area contributed by atoms with Gasteiger partial charge in [-0.2, -0.15) is 0 Å². The summed E-state index contributed by atoms with van der Waals surface area (Å²) >= 11 is 10.9. The van der Waals surface area contributed by atoms with Gasteiger partial charge in [0.05, 0.1) is 0 Å². The summed E-state index contributed by atoms with van der Waals surface area (Å²) in [7, 11) is -3.31. The van der Waals surface area contributed by atoms with Crippen LogP contribution in [0.25, 0.3) is 0 Å². The van der Waals surface area contributed by atoms with E-state index < -0.39 is 15.2 Å². The second kappa shape index (κ2) is 5.70. The van der Waals surface area contributed by atoms with Gasteiger partial charge < -0.3 is 0 Å². The van der Waals surface area contributed by atoms with Crippen molar-refractivity contribution in [1.82, 2.24) is 4.72 Å². The first kappa shape index (κ1) is 12.8. The molecule has 0 aliphatic rings. The van der Waals surface area contributed by atoms with Gasteiger partial charge in [0, 0.05) is 11.6 Å². The molecule has 0 bridgehead atoms. The van der Waals surface area contributed by atoms with Crippen LogP contribution in [-0.2, 0) is 16.4 Å². The molecule has 0 aromatic heterocycles. The highest BCUT2D eigenvalue weighted by molar-refractivity contribution is 7.90. The summed E-state index contributed by atoms with van der Waals surface area (Å²) in [6.45, 7) is 0.344. The Kier molecular flexibility index (Phi) is 4.86. The summed E-state index contributed by atoms with van der Waals surface area (Å²) in [5, 5.41) is 0.258. The molecule has 1 N–H and O–H groups in total. The van der Waals surface area contributed by atoms with E-state index >= 15 is 0 Å². The first-order valence-electron chi connectivity index (χ1n) is 4.31. The van der Waals surface area contributed by atoms with Crippen LogP contribution in [0.4, 0.5) is 0 Å². The summed E-state index contributed by atoms with van der Waals surface area (Å²) in [4.78, 5) is 0. The van der Waals surface area contributed by atoms with E-state index in [9.17, 15) is 8.42 Å². The van der Waals surface area contributed by atoms with Gasteiger partial charge in [0.25, 0.3) is 0 Å². The molecule has 15 heavy (non-hydrogen) atoms. The fraction of sp³-hybridized carbons (Fsp3) is 0.333. The highest BCUT2D eigenvalue weighted by Crippen LogP contribution is 2.09. The Morgan fingerprint density at radius 1 is 1.20 bits per heavy atom. The molecule has 1 rings (SSSR count). The molecular formula is C9H11Cl2NO2S.